The van der Waals surface area contributed by atoms with Gasteiger partial charge in [0.05, 0.1) is 0 Å². The molecule has 1 N–H and O–H groups in total. The Hall–Kier alpha value is -1.28. The fourth-order valence-electron chi connectivity index (χ4n) is 1.50. The van der Waals surface area contributed by atoms with Gasteiger partial charge in [0.25, 0.3) is 0 Å². The van der Waals surface area contributed by atoms with Crippen LogP contribution in [0.25, 0.3) is 0 Å². The van der Waals surface area contributed by atoms with E-state index in [-0.39, 0.29) is 6.10 Å². The molecule has 88 valence electrons. The van der Waals surface area contributed by atoms with Crippen LogP contribution in [-0.2, 0) is 6.42 Å². The van der Waals surface area contributed by atoms with Crippen molar-refractivity contribution in [3.63, 3.8) is 0 Å². The second-order valence-corrected chi connectivity index (χ2v) is 3.88. The number of hydrogen-bond acceptors (Lipinski definition) is 2. The molecule has 1 atom stereocenters. The highest BCUT2D eigenvalue weighted by Gasteiger charge is 2.03. The van der Waals surface area contributed by atoms with Crippen molar-refractivity contribution < 1.29 is 4.74 Å². The topological polar surface area (TPSA) is 21.3 Å². The van der Waals surface area contributed by atoms with Crippen LogP contribution in [0.5, 0.6) is 5.75 Å². The third-order valence-electron chi connectivity index (χ3n) is 2.36. The Bertz CT molecular complexity index is 322. The fraction of sp³-hybridized carbons (Fsp3) is 0.429. The van der Waals surface area contributed by atoms with Gasteiger partial charge in [0.2, 0.25) is 0 Å². The smallest absolute Gasteiger partial charge is 0.120 e. The van der Waals surface area contributed by atoms with Crippen molar-refractivity contribution in [1.29, 1.82) is 0 Å². The van der Waals surface area contributed by atoms with E-state index in [4.69, 9.17) is 4.74 Å². The van der Waals surface area contributed by atoms with Gasteiger partial charge in [-0.2, -0.15) is 0 Å². The Morgan fingerprint density at radius 3 is 3.00 bits per heavy atom. The van der Waals surface area contributed by atoms with E-state index in [1.165, 1.54) is 5.56 Å². The monoisotopic (exact) mass is 219 g/mol. The first-order valence-electron chi connectivity index (χ1n) is 5.83. The lowest BCUT2D eigenvalue weighted by Crippen LogP contribution is -2.28. The van der Waals surface area contributed by atoms with E-state index >= 15 is 0 Å². The number of hydrogen-bond donors (Lipinski definition) is 1. The molecule has 0 spiro atoms. The molecule has 0 aromatic heterocycles. The van der Waals surface area contributed by atoms with Gasteiger partial charge in [-0.15, -0.1) is 6.58 Å². The summed E-state index contributed by atoms with van der Waals surface area (Å²) in [5, 5.41) is 3.24. The molecule has 0 aliphatic carbocycles. The van der Waals surface area contributed by atoms with Crippen LogP contribution in [0, 0.1) is 0 Å². The van der Waals surface area contributed by atoms with Crippen molar-refractivity contribution in [2.45, 2.75) is 26.4 Å². The van der Waals surface area contributed by atoms with Gasteiger partial charge in [0.15, 0.2) is 0 Å². The van der Waals surface area contributed by atoms with Crippen LogP contribution >= 0.6 is 0 Å². The third kappa shape index (κ3) is 4.49. The van der Waals surface area contributed by atoms with Crippen LogP contribution in [0.2, 0.25) is 0 Å². The van der Waals surface area contributed by atoms with Crippen LogP contribution in [0.4, 0.5) is 0 Å². The molecule has 0 aliphatic rings. The van der Waals surface area contributed by atoms with Crippen LogP contribution < -0.4 is 10.1 Å². The van der Waals surface area contributed by atoms with Crippen molar-refractivity contribution in [3.8, 4) is 5.75 Å². The molecular formula is C14H21NO. The highest BCUT2D eigenvalue weighted by atomic mass is 16.5. The molecule has 0 fully saturated rings. The van der Waals surface area contributed by atoms with Crippen molar-refractivity contribution in [2.75, 3.05) is 13.1 Å². The zero-order valence-corrected chi connectivity index (χ0v) is 10.2. The molecule has 1 aromatic rings. The molecule has 1 unspecified atom stereocenters. The summed E-state index contributed by atoms with van der Waals surface area (Å²) in [6, 6.07) is 8.26. The number of ether oxygens (including phenoxy) is 1. The lowest BCUT2D eigenvalue weighted by Gasteiger charge is -2.15. The normalized spacial score (nSPS) is 12.1. The quantitative estimate of drug-likeness (QED) is 0.562. The van der Waals surface area contributed by atoms with Crippen LogP contribution in [0.3, 0.4) is 0 Å². The van der Waals surface area contributed by atoms with E-state index in [1.807, 2.05) is 18.2 Å². The van der Waals surface area contributed by atoms with E-state index in [2.05, 4.69) is 37.9 Å². The Morgan fingerprint density at radius 1 is 1.50 bits per heavy atom. The van der Waals surface area contributed by atoms with Crippen molar-refractivity contribution in [1.82, 2.24) is 5.32 Å². The Morgan fingerprint density at radius 2 is 2.31 bits per heavy atom. The second kappa shape index (κ2) is 7.07. The minimum absolute atomic E-state index is 0.173. The van der Waals surface area contributed by atoms with E-state index in [0.29, 0.717) is 0 Å². The summed E-state index contributed by atoms with van der Waals surface area (Å²) in [6.45, 7) is 9.53. The van der Waals surface area contributed by atoms with Crippen molar-refractivity contribution in [2.24, 2.45) is 0 Å². The van der Waals surface area contributed by atoms with Crippen LogP contribution in [0.1, 0.15) is 19.4 Å². The summed E-state index contributed by atoms with van der Waals surface area (Å²) in [5.74, 6) is 0.951. The predicted molar refractivity (Wildman–Crippen MR) is 69.0 cm³/mol. The molecule has 1 rings (SSSR count). The van der Waals surface area contributed by atoms with Crippen LogP contribution in [-0.4, -0.2) is 19.2 Å². The molecule has 16 heavy (non-hydrogen) atoms. The zero-order valence-electron chi connectivity index (χ0n) is 10.2. The molecule has 1 aromatic carbocycles. The third-order valence-corrected chi connectivity index (χ3v) is 2.36. The summed E-state index contributed by atoms with van der Waals surface area (Å²) >= 11 is 0. The van der Waals surface area contributed by atoms with Gasteiger partial charge in [-0.3, -0.25) is 0 Å². The summed E-state index contributed by atoms with van der Waals surface area (Å²) in [5.41, 5.74) is 1.31. The summed E-state index contributed by atoms with van der Waals surface area (Å²) in [6.07, 6.45) is 3.07. The number of rotatable bonds is 7. The molecule has 0 amide bonds. The highest BCUT2D eigenvalue weighted by molar-refractivity contribution is 5.28. The minimum Gasteiger partial charge on any atom is -0.489 e. The fourth-order valence-corrected chi connectivity index (χ4v) is 1.50. The summed E-state index contributed by atoms with van der Waals surface area (Å²) < 4.78 is 5.81. The van der Waals surface area contributed by atoms with Crippen molar-refractivity contribution >= 4 is 0 Å². The predicted octanol–water partition coefficient (Wildman–Crippen LogP) is 2.79. The molecule has 0 saturated heterocycles. The molecule has 0 radical (unpaired) electrons. The number of aryl methyl sites for hydroxylation is 1. The first kappa shape index (κ1) is 12.8. The molecule has 2 nitrogen and oxygen atoms in total. The molecule has 2 heteroatoms. The van der Waals surface area contributed by atoms with Gasteiger partial charge in [0.1, 0.15) is 11.9 Å². The Balaban J connectivity index is 2.42. The average molecular weight is 219 g/mol. The Labute approximate surface area is 98.3 Å². The molecule has 0 aliphatic heterocycles. The zero-order chi connectivity index (χ0) is 11.8. The van der Waals surface area contributed by atoms with Crippen molar-refractivity contribution in [3.05, 3.63) is 42.5 Å². The largest absolute Gasteiger partial charge is 0.489 e. The maximum atomic E-state index is 5.81. The highest BCUT2D eigenvalue weighted by Crippen LogP contribution is 2.14. The Kier molecular flexibility index (Phi) is 5.65. The first-order chi connectivity index (χ1) is 7.76. The number of benzene rings is 1. The minimum atomic E-state index is 0.173. The van der Waals surface area contributed by atoms with Gasteiger partial charge < -0.3 is 10.1 Å². The molecule has 0 bridgehead atoms. The maximum Gasteiger partial charge on any atom is 0.120 e. The SMILES string of the molecule is C=CCNCC(C)Oc1cccc(CC)c1. The van der Waals surface area contributed by atoms with Gasteiger partial charge in [-0.1, -0.05) is 25.1 Å². The van der Waals surface area contributed by atoms with E-state index < -0.39 is 0 Å². The average Bonchev–Trinajstić information content (AvgIpc) is 2.29. The second-order valence-electron chi connectivity index (χ2n) is 3.88. The maximum absolute atomic E-state index is 5.81. The van der Waals surface area contributed by atoms with E-state index in [9.17, 15) is 0 Å². The standard InChI is InChI=1S/C14H21NO/c1-4-9-15-11-12(3)16-14-8-6-7-13(5-2)10-14/h4,6-8,10,12,15H,1,5,9,11H2,2-3H3. The molecule has 0 saturated carbocycles. The van der Waals surface area contributed by atoms with E-state index in [1.54, 1.807) is 0 Å². The summed E-state index contributed by atoms with van der Waals surface area (Å²) in [7, 11) is 0. The number of nitrogens with one attached hydrogen (secondary N) is 1. The van der Waals surface area contributed by atoms with Crippen LogP contribution in [0.15, 0.2) is 36.9 Å². The lowest BCUT2D eigenvalue weighted by molar-refractivity contribution is 0.219. The van der Waals surface area contributed by atoms with Gasteiger partial charge in [-0.05, 0) is 31.0 Å². The summed E-state index contributed by atoms with van der Waals surface area (Å²) in [4.78, 5) is 0. The lowest BCUT2D eigenvalue weighted by atomic mass is 10.2. The van der Waals surface area contributed by atoms with Gasteiger partial charge in [-0.25, -0.2) is 0 Å². The molecule has 0 heterocycles. The molecular weight excluding hydrogens is 198 g/mol. The van der Waals surface area contributed by atoms with Gasteiger partial charge in [0, 0.05) is 13.1 Å². The first-order valence-corrected chi connectivity index (χ1v) is 5.83. The van der Waals surface area contributed by atoms with Gasteiger partial charge >= 0.3 is 0 Å². The van der Waals surface area contributed by atoms with E-state index in [0.717, 1.165) is 25.3 Å².